The molecule has 0 aromatic heterocycles. The van der Waals surface area contributed by atoms with E-state index in [-0.39, 0.29) is 29.9 Å². The van der Waals surface area contributed by atoms with Crippen LogP contribution in [-0.4, -0.2) is 24.5 Å². The van der Waals surface area contributed by atoms with Gasteiger partial charge in [0.25, 0.3) is 5.91 Å². The van der Waals surface area contributed by atoms with Crippen molar-refractivity contribution in [2.24, 2.45) is 0 Å². The Labute approximate surface area is 162 Å². The summed E-state index contributed by atoms with van der Waals surface area (Å²) in [5.74, 6) is -0.438. The Kier molecular flexibility index (Phi) is 5.65. The molecule has 1 atom stereocenters. The molecule has 2 amide bonds. The highest BCUT2D eigenvalue weighted by Gasteiger charge is 2.34. The SMILES string of the molecule is CC[C@@H]1Oc2ccc(C)cc2N(CC(=O)NCc2ccc(F)cc2Cl)C1=O. The van der Waals surface area contributed by atoms with Gasteiger partial charge in [0.15, 0.2) is 6.10 Å². The smallest absolute Gasteiger partial charge is 0.268 e. The molecule has 1 aliphatic rings. The van der Waals surface area contributed by atoms with Crippen LogP contribution in [0, 0.1) is 12.7 Å². The second-order valence-corrected chi connectivity index (χ2v) is 6.83. The van der Waals surface area contributed by atoms with Crippen LogP contribution in [0.15, 0.2) is 36.4 Å². The number of halogens is 2. The molecule has 3 rings (SSSR count). The standard InChI is InChI=1S/C20H20ClFN2O3/c1-3-17-20(26)24(16-8-12(2)4-7-18(16)27-17)11-19(25)23-10-13-5-6-14(22)9-15(13)21/h4-9,17H,3,10-11H2,1-2H3,(H,23,25)/t17-/m0/s1. The maximum absolute atomic E-state index is 13.1. The largest absolute Gasteiger partial charge is 0.478 e. The maximum atomic E-state index is 13.1. The second-order valence-electron chi connectivity index (χ2n) is 6.42. The molecular weight excluding hydrogens is 371 g/mol. The van der Waals surface area contributed by atoms with Crippen LogP contribution in [0.3, 0.4) is 0 Å². The lowest BCUT2D eigenvalue weighted by atomic mass is 10.1. The lowest BCUT2D eigenvalue weighted by Crippen LogP contribution is -2.49. The minimum absolute atomic E-state index is 0.131. The molecule has 2 aromatic carbocycles. The van der Waals surface area contributed by atoms with Crippen LogP contribution < -0.4 is 15.0 Å². The summed E-state index contributed by atoms with van der Waals surface area (Å²) < 4.78 is 18.9. The summed E-state index contributed by atoms with van der Waals surface area (Å²) in [4.78, 5) is 26.6. The first kappa shape index (κ1) is 19.2. The van der Waals surface area contributed by atoms with Crippen molar-refractivity contribution in [1.82, 2.24) is 5.32 Å². The molecule has 0 radical (unpaired) electrons. The third-order valence-corrected chi connectivity index (χ3v) is 4.73. The van der Waals surface area contributed by atoms with Crippen molar-refractivity contribution in [3.05, 3.63) is 58.4 Å². The van der Waals surface area contributed by atoms with Gasteiger partial charge >= 0.3 is 0 Å². The monoisotopic (exact) mass is 390 g/mol. The number of fused-ring (bicyclic) bond motifs is 1. The van der Waals surface area contributed by atoms with Crippen molar-refractivity contribution in [1.29, 1.82) is 0 Å². The Morgan fingerprint density at radius 3 is 2.78 bits per heavy atom. The Bertz CT molecular complexity index is 888. The minimum atomic E-state index is -0.612. The Morgan fingerprint density at radius 2 is 2.07 bits per heavy atom. The number of hydrogen-bond donors (Lipinski definition) is 1. The topological polar surface area (TPSA) is 58.6 Å². The number of amides is 2. The van der Waals surface area contributed by atoms with E-state index in [2.05, 4.69) is 5.32 Å². The van der Waals surface area contributed by atoms with Crippen LogP contribution in [0.4, 0.5) is 10.1 Å². The van der Waals surface area contributed by atoms with Crippen molar-refractivity contribution in [2.45, 2.75) is 32.9 Å². The van der Waals surface area contributed by atoms with E-state index >= 15 is 0 Å². The highest BCUT2D eigenvalue weighted by molar-refractivity contribution is 6.31. The van der Waals surface area contributed by atoms with Gasteiger partial charge in [-0.1, -0.05) is 30.7 Å². The number of nitrogens with one attached hydrogen (secondary N) is 1. The number of anilines is 1. The summed E-state index contributed by atoms with van der Waals surface area (Å²) in [5.41, 5.74) is 2.14. The van der Waals surface area contributed by atoms with E-state index in [0.717, 1.165) is 5.56 Å². The fourth-order valence-electron chi connectivity index (χ4n) is 2.91. The van der Waals surface area contributed by atoms with Crippen molar-refractivity contribution in [3.8, 4) is 5.75 Å². The summed E-state index contributed by atoms with van der Waals surface area (Å²) in [6.07, 6.45) is -0.102. The minimum Gasteiger partial charge on any atom is -0.478 e. The zero-order valence-electron chi connectivity index (χ0n) is 15.1. The Morgan fingerprint density at radius 1 is 1.30 bits per heavy atom. The van der Waals surface area contributed by atoms with Crippen LogP contribution >= 0.6 is 11.6 Å². The van der Waals surface area contributed by atoms with E-state index in [9.17, 15) is 14.0 Å². The average Bonchev–Trinajstić information content (AvgIpc) is 2.63. The van der Waals surface area contributed by atoms with Gasteiger partial charge in [-0.05, 0) is 48.7 Å². The lowest BCUT2D eigenvalue weighted by molar-refractivity contribution is -0.129. The van der Waals surface area contributed by atoms with Crippen molar-refractivity contribution < 1.29 is 18.7 Å². The summed E-state index contributed by atoms with van der Waals surface area (Å²) in [6, 6.07) is 9.52. The van der Waals surface area contributed by atoms with Crippen LogP contribution in [0.25, 0.3) is 0 Å². The molecule has 7 heteroatoms. The van der Waals surface area contributed by atoms with E-state index in [1.165, 1.54) is 23.1 Å². The predicted octanol–water partition coefficient (Wildman–Crippen LogP) is 3.61. The van der Waals surface area contributed by atoms with Gasteiger partial charge in [0.2, 0.25) is 5.91 Å². The van der Waals surface area contributed by atoms with Gasteiger partial charge < -0.3 is 10.1 Å². The van der Waals surface area contributed by atoms with E-state index in [0.29, 0.717) is 23.4 Å². The highest BCUT2D eigenvalue weighted by atomic mass is 35.5. The molecule has 1 N–H and O–H groups in total. The first-order chi connectivity index (χ1) is 12.9. The van der Waals surface area contributed by atoms with Crippen LogP contribution in [0.2, 0.25) is 5.02 Å². The first-order valence-corrected chi connectivity index (χ1v) is 9.06. The maximum Gasteiger partial charge on any atom is 0.268 e. The van der Waals surface area contributed by atoms with Gasteiger partial charge in [-0.2, -0.15) is 0 Å². The molecule has 5 nitrogen and oxygen atoms in total. The molecule has 0 fully saturated rings. The lowest BCUT2D eigenvalue weighted by Gasteiger charge is -2.33. The van der Waals surface area contributed by atoms with E-state index in [1.54, 1.807) is 0 Å². The molecule has 1 aliphatic heterocycles. The van der Waals surface area contributed by atoms with Crippen LogP contribution in [0.5, 0.6) is 5.75 Å². The highest BCUT2D eigenvalue weighted by Crippen LogP contribution is 2.35. The second kappa shape index (κ2) is 7.96. The fraction of sp³-hybridized carbons (Fsp3) is 0.300. The molecule has 0 saturated heterocycles. The average molecular weight is 391 g/mol. The van der Waals surface area contributed by atoms with Gasteiger partial charge in [0.05, 0.1) is 5.69 Å². The van der Waals surface area contributed by atoms with Gasteiger partial charge in [-0.25, -0.2) is 4.39 Å². The summed E-state index contributed by atoms with van der Waals surface area (Å²) in [7, 11) is 0. The van der Waals surface area contributed by atoms with Gasteiger partial charge in [-0.15, -0.1) is 0 Å². The fourth-order valence-corrected chi connectivity index (χ4v) is 3.15. The molecule has 2 aromatic rings. The van der Waals surface area contributed by atoms with Crippen molar-refractivity contribution >= 4 is 29.1 Å². The van der Waals surface area contributed by atoms with Gasteiger partial charge in [0.1, 0.15) is 18.1 Å². The number of nitrogens with zero attached hydrogens (tertiary/aromatic N) is 1. The molecule has 27 heavy (non-hydrogen) atoms. The third-order valence-electron chi connectivity index (χ3n) is 4.38. The summed E-state index contributed by atoms with van der Waals surface area (Å²) >= 11 is 5.98. The van der Waals surface area contributed by atoms with Crippen LogP contribution in [0.1, 0.15) is 24.5 Å². The van der Waals surface area contributed by atoms with E-state index in [1.807, 2.05) is 32.0 Å². The molecule has 0 unspecified atom stereocenters. The number of ether oxygens (including phenoxy) is 1. The Hall–Kier alpha value is -2.60. The molecule has 0 bridgehead atoms. The van der Waals surface area contributed by atoms with E-state index in [4.69, 9.17) is 16.3 Å². The van der Waals surface area contributed by atoms with E-state index < -0.39 is 11.9 Å². The normalized spacial score (nSPS) is 15.9. The molecule has 0 aliphatic carbocycles. The number of rotatable bonds is 5. The number of hydrogen-bond acceptors (Lipinski definition) is 3. The van der Waals surface area contributed by atoms with Crippen molar-refractivity contribution in [2.75, 3.05) is 11.4 Å². The Balaban J connectivity index is 1.74. The molecular formula is C20H20ClFN2O3. The van der Waals surface area contributed by atoms with Crippen LogP contribution in [-0.2, 0) is 16.1 Å². The summed E-state index contributed by atoms with van der Waals surface area (Å²) in [5, 5.41) is 2.97. The zero-order valence-corrected chi connectivity index (χ0v) is 15.8. The zero-order chi connectivity index (χ0) is 19.6. The molecule has 1 heterocycles. The van der Waals surface area contributed by atoms with Crippen molar-refractivity contribution in [3.63, 3.8) is 0 Å². The predicted molar refractivity (Wildman–Crippen MR) is 101 cm³/mol. The molecule has 0 spiro atoms. The first-order valence-electron chi connectivity index (χ1n) is 8.68. The number of carbonyl (C=O) groups excluding carboxylic acids is 2. The number of carbonyl (C=O) groups is 2. The number of aryl methyl sites for hydroxylation is 1. The van der Waals surface area contributed by atoms with Gasteiger partial charge in [-0.3, -0.25) is 14.5 Å². The van der Waals surface area contributed by atoms with Gasteiger partial charge in [0, 0.05) is 11.6 Å². The molecule has 142 valence electrons. The summed E-state index contributed by atoms with van der Waals surface area (Å²) in [6.45, 7) is 3.78. The number of benzene rings is 2. The third kappa shape index (κ3) is 4.22. The quantitative estimate of drug-likeness (QED) is 0.848. The molecule has 0 saturated carbocycles.